The third kappa shape index (κ3) is 3.75. The molecule has 0 heterocycles. The van der Waals surface area contributed by atoms with Crippen LogP contribution in [0.15, 0.2) is 42.5 Å². The lowest BCUT2D eigenvalue weighted by molar-refractivity contribution is 0.228. The molecule has 0 aliphatic heterocycles. The van der Waals surface area contributed by atoms with Gasteiger partial charge in [-0.25, -0.2) is 0 Å². The van der Waals surface area contributed by atoms with E-state index in [0.717, 1.165) is 12.0 Å². The number of hydrogen-bond donors (Lipinski definition) is 1. The van der Waals surface area contributed by atoms with Crippen LogP contribution < -0.4 is 0 Å². The zero-order valence-corrected chi connectivity index (χ0v) is 8.69. The Balaban J connectivity index is 2.42. The average molecular weight is 190 g/mol. The summed E-state index contributed by atoms with van der Waals surface area (Å²) in [5.74, 6) is 0. The normalized spacial score (nSPS) is 13.3. The summed E-state index contributed by atoms with van der Waals surface area (Å²) < 4.78 is 0. The lowest BCUT2D eigenvalue weighted by Crippen LogP contribution is -1.91. The van der Waals surface area contributed by atoms with Gasteiger partial charge in [0.15, 0.2) is 0 Å². The Labute approximate surface area is 86.1 Å². The topological polar surface area (TPSA) is 20.2 Å². The Hall–Kier alpha value is -1.08. The molecule has 0 spiro atoms. The molecule has 1 atom stereocenters. The van der Waals surface area contributed by atoms with Crippen molar-refractivity contribution in [2.45, 2.75) is 32.3 Å². The Morgan fingerprint density at radius 2 is 2.00 bits per heavy atom. The van der Waals surface area contributed by atoms with E-state index in [0.29, 0.717) is 0 Å². The maximum absolute atomic E-state index is 9.73. The summed E-state index contributed by atoms with van der Waals surface area (Å²) in [6, 6.07) is 9.72. The van der Waals surface area contributed by atoms with Gasteiger partial charge in [0.1, 0.15) is 0 Å². The predicted octanol–water partition coefficient (Wildman–Crippen LogP) is 3.47. The predicted molar refractivity (Wildman–Crippen MR) is 60.1 cm³/mol. The summed E-state index contributed by atoms with van der Waals surface area (Å²) in [5.41, 5.74) is 0.959. The zero-order valence-electron chi connectivity index (χ0n) is 8.69. The van der Waals surface area contributed by atoms with Crippen molar-refractivity contribution in [3.63, 3.8) is 0 Å². The minimum absolute atomic E-state index is 0.451. The summed E-state index contributed by atoms with van der Waals surface area (Å²) in [6.45, 7) is 2.17. The van der Waals surface area contributed by atoms with Gasteiger partial charge in [-0.2, -0.15) is 0 Å². The van der Waals surface area contributed by atoms with Crippen LogP contribution in [0.1, 0.15) is 37.9 Å². The van der Waals surface area contributed by atoms with E-state index in [1.807, 2.05) is 36.4 Å². The largest absolute Gasteiger partial charge is 0.384 e. The molecule has 0 saturated heterocycles. The maximum atomic E-state index is 9.73. The fraction of sp³-hybridized carbons (Fsp3) is 0.385. The molecule has 1 nitrogen and oxygen atoms in total. The molecule has 0 aliphatic rings. The molecule has 0 bridgehead atoms. The van der Waals surface area contributed by atoms with Gasteiger partial charge >= 0.3 is 0 Å². The second kappa shape index (κ2) is 6.39. The minimum atomic E-state index is -0.451. The van der Waals surface area contributed by atoms with Crippen LogP contribution in [0, 0.1) is 0 Å². The molecule has 1 aromatic rings. The van der Waals surface area contributed by atoms with E-state index >= 15 is 0 Å². The van der Waals surface area contributed by atoms with Crippen LogP contribution in [0.3, 0.4) is 0 Å². The van der Waals surface area contributed by atoms with E-state index in [2.05, 4.69) is 13.0 Å². The molecular formula is C13H18O. The van der Waals surface area contributed by atoms with Crippen LogP contribution >= 0.6 is 0 Å². The van der Waals surface area contributed by atoms with Crippen molar-refractivity contribution in [2.75, 3.05) is 0 Å². The van der Waals surface area contributed by atoms with Crippen LogP contribution in [-0.2, 0) is 0 Å². The highest BCUT2D eigenvalue weighted by Crippen LogP contribution is 2.13. The minimum Gasteiger partial charge on any atom is -0.384 e. The van der Waals surface area contributed by atoms with Gasteiger partial charge in [-0.05, 0) is 12.0 Å². The first kappa shape index (κ1) is 11.0. The summed E-state index contributed by atoms with van der Waals surface area (Å²) in [6.07, 6.45) is 6.92. The van der Waals surface area contributed by atoms with Gasteiger partial charge in [0, 0.05) is 0 Å². The highest BCUT2D eigenvalue weighted by Gasteiger charge is 1.99. The van der Waals surface area contributed by atoms with Crippen LogP contribution in [-0.4, -0.2) is 5.11 Å². The van der Waals surface area contributed by atoms with E-state index in [1.54, 1.807) is 0 Å². The van der Waals surface area contributed by atoms with Crippen LogP contribution in [0.2, 0.25) is 0 Å². The number of aliphatic hydroxyl groups is 1. The Morgan fingerprint density at radius 3 is 2.64 bits per heavy atom. The number of aliphatic hydroxyl groups excluding tert-OH is 1. The molecule has 0 amide bonds. The quantitative estimate of drug-likeness (QED) is 0.557. The Morgan fingerprint density at radius 1 is 1.29 bits per heavy atom. The van der Waals surface area contributed by atoms with Crippen molar-refractivity contribution >= 4 is 0 Å². The van der Waals surface area contributed by atoms with Crippen LogP contribution in [0.5, 0.6) is 0 Å². The van der Waals surface area contributed by atoms with Crippen molar-refractivity contribution in [1.82, 2.24) is 0 Å². The highest BCUT2D eigenvalue weighted by molar-refractivity contribution is 5.20. The molecule has 14 heavy (non-hydrogen) atoms. The van der Waals surface area contributed by atoms with Gasteiger partial charge in [0.2, 0.25) is 0 Å². The monoisotopic (exact) mass is 190 g/mol. The first-order chi connectivity index (χ1) is 6.84. The maximum Gasteiger partial charge on any atom is 0.0971 e. The molecular weight excluding hydrogens is 172 g/mol. The molecule has 0 saturated carbocycles. The number of allylic oxidation sites excluding steroid dienone is 1. The van der Waals surface area contributed by atoms with Gasteiger partial charge in [-0.3, -0.25) is 0 Å². The molecule has 1 unspecified atom stereocenters. The number of rotatable bonds is 5. The molecule has 0 aliphatic carbocycles. The van der Waals surface area contributed by atoms with Crippen LogP contribution in [0.25, 0.3) is 0 Å². The lowest BCUT2D eigenvalue weighted by Gasteiger charge is -2.04. The summed E-state index contributed by atoms with van der Waals surface area (Å²) in [5, 5.41) is 9.73. The second-order valence-electron chi connectivity index (χ2n) is 3.43. The zero-order chi connectivity index (χ0) is 10.2. The Bertz CT molecular complexity index is 264. The SMILES string of the molecule is CCCCC=CC(O)c1ccccc1. The van der Waals surface area contributed by atoms with E-state index < -0.39 is 6.10 Å². The van der Waals surface area contributed by atoms with Gasteiger partial charge < -0.3 is 5.11 Å². The molecule has 1 N–H and O–H groups in total. The van der Waals surface area contributed by atoms with Gasteiger partial charge in [-0.1, -0.05) is 62.2 Å². The van der Waals surface area contributed by atoms with Crippen molar-refractivity contribution in [1.29, 1.82) is 0 Å². The van der Waals surface area contributed by atoms with Crippen molar-refractivity contribution in [3.05, 3.63) is 48.0 Å². The lowest BCUT2D eigenvalue weighted by atomic mass is 10.1. The van der Waals surface area contributed by atoms with Crippen molar-refractivity contribution in [3.8, 4) is 0 Å². The summed E-state index contributed by atoms with van der Waals surface area (Å²) >= 11 is 0. The summed E-state index contributed by atoms with van der Waals surface area (Å²) in [7, 11) is 0. The molecule has 1 rings (SSSR count). The third-order valence-electron chi connectivity index (χ3n) is 2.18. The van der Waals surface area contributed by atoms with E-state index in [-0.39, 0.29) is 0 Å². The number of hydrogen-bond acceptors (Lipinski definition) is 1. The van der Waals surface area contributed by atoms with Gasteiger partial charge in [0.05, 0.1) is 6.10 Å². The average Bonchev–Trinajstić information content (AvgIpc) is 2.25. The number of benzene rings is 1. The first-order valence-electron chi connectivity index (χ1n) is 5.24. The highest BCUT2D eigenvalue weighted by atomic mass is 16.3. The number of unbranched alkanes of at least 4 members (excludes halogenated alkanes) is 2. The molecule has 1 heteroatoms. The standard InChI is InChI=1S/C13H18O/c1-2-3-4-8-11-13(14)12-9-6-5-7-10-12/h5-11,13-14H,2-4H2,1H3. The van der Waals surface area contributed by atoms with Crippen LogP contribution in [0.4, 0.5) is 0 Å². The fourth-order valence-corrected chi connectivity index (χ4v) is 1.31. The fourth-order valence-electron chi connectivity index (χ4n) is 1.31. The van der Waals surface area contributed by atoms with Crippen molar-refractivity contribution in [2.24, 2.45) is 0 Å². The third-order valence-corrected chi connectivity index (χ3v) is 2.18. The molecule has 76 valence electrons. The van der Waals surface area contributed by atoms with E-state index in [9.17, 15) is 5.11 Å². The molecule has 0 radical (unpaired) electrons. The first-order valence-corrected chi connectivity index (χ1v) is 5.24. The molecule has 1 aromatic carbocycles. The smallest absolute Gasteiger partial charge is 0.0971 e. The second-order valence-corrected chi connectivity index (χ2v) is 3.43. The molecule has 0 fully saturated rings. The summed E-state index contributed by atoms with van der Waals surface area (Å²) in [4.78, 5) is 0. The van der Waals surface area contributed by atoms with E-state index in [1.165, 1.54) is 12.8 Å². The van der Waals surface area contributed by atoms with Crippen molar-refractivity contribution < 1.29 is 5.11 Å². The Kier molecular flexibility index (Phi) is 5.02. The van der Waals surface area contributed by atoms with E-state index in [4.69, 9.17) is 0 Å². The molecule has 0 aromatic heterocycles. The van der Waals surface area contributed by atoms with Gasteiger partial charge in [-0.15, -0.1) is 0 Å². The van der Waals surface area contributed by atoms with Gasteiger partial charge in [0.25, 0.3) is 0 Å².